The molecule has 0 radical (unpaired) electrons. The molecule has 0 fully saturated rings. The van der Waals surface area contributed by atoms with E-state index in [2.05, 4.69) is 4.98 Å². The number of aromatic nitrogens is 2. The summed E-state index contributed by atoms with van der Waals surface area (Å²) in [5.74, 6) is -3.19. The molecule has 0 N–H and O–H groups in total. The van der Waals surface area contributed by atoms with Crippen molar-refractivity contribution in [1.29, 1.82) is 0 Å². The van der Waals surface area contributed by atoms with Crippen LogP contribution >= 0.6 is 0 Å². The van der Waals surface area contributed by atoms with Crippen LogP contribution in [0.4, 0.5) is 22.0 Å². The van der Waals surface area contributed by atoms with Gasteiger partial charge in [0, 0.05) is 18.8 Å². The van der Waals surface area contributed by atoms with Crippen LogP contribution in [0, 0.1) is 0 Å². The van der Waals surface area contributed by atoms with Gasteiger partial charge in [-0.1, -0.05) is 6.92 Å². The highest BCUT2D eigenvalue weighted by molar-refractivity contribution is 5.01. The molecule has 1 rings (SSSR count). The summed E-state index contributed by atoms with van der Waals surface area (Å²) in [6, 6.07) is 0. The number of nitrogens with zero attached hydrogens (tertiary/aromatic N) is 2. The van der Waals surface area contributed by atoms with Crippen LogP contribution in [0.5, 0.6) is 0 Å². The molecule has 92 valence electrons. The minimum Gasteiger partial charge on any atom is -0.301 e. The lowest BCUT2D eigenvalue weighted by molar-refractivity contribution is -0.286. The Hall–Kier alpha value is -1.14. The Morgan fingerprint density at radius 1 is 1.19 bits per heavy atom. The molecule has 2 nitrogen and oxygen atoms in total. The van der Waals surface area contributed by atoms with E-state index in [4.69, 9.17) is 0 Å². The van der Waals surface area contributed by atoms with E-state index in [1.807, 2.05) is 0 Å². The fourth-order valence-electron chi connectivity index (χ4n) is 1.44. The molecule has 1 heterocycles. The second-order valence-corrected chi connectivity index (χ2v) is 3.58. The predicted molar refractivity (Wildman–Crippen MR) is 47.2 cm³/mol. The number of rotatable bonds is 3. The third-order valence-electron chi connectivity index (χ3n) is 2.63. The number of imidazole rings is 1. The SMILES string of the molecule is CCC(F)(n1ccnc1)C(C)(F)C(F)(F)F. The molecule has 2 atom stereocenters. The maximum atomic E-state index is 14.2. The molecule has 7 heteroatoms. The standard InChI is InChI=1S/C9H11F5N2/c1-3-8(11,16-5-4-15-6-16)7(2,10)9(12,13)14/h4-6H,3H2,1-2H3. The van der Waals surface area contributed by atoms with E-state index in [0.717, 1.165) is 25.6 Å². The lowest BCUT2D eigenvalue weighted by atomic mass is 9.92. The number of halogens is 5. The Balaban J connectivity index is 3.26. The van der Waals surface area contributed by atoms with E-state index >= 15 is 0 Å². The summed E-state index contributed by atoms with van der Waals surface area (Å²) in [7, 11) is 0. The zero-order chi connectivity index (χ0) is 12.6. The Morgan fingerprint density at radius 3 is 2.06 bits per heavy atom. The van der Waals surface area contributed by atoms with Gasteiger partial charge in [-0.25, -0.2) is 13.8 Å². The van der Waals surface area contributed by atoms with Crippen molar-refractivity contribution in [3.8, 4) is 0 Å². The molecule has 16 heavy (non-hydrogen) atoms. The molecule has 0 aromatic carbocycles. The molecule has 2 unspecified atom stereocenters. The van der Waals surface area contributed by atoms with Gasteiger partial charge in [0.15, 0.2) is 0 Å². The first kappa shape index (κ1) is 12.9. The highest BCUT2D eigenvalue weighted by Gasteiger charge is 2.66. The average Bonchev–Trinajstić information content (AvgIpc) is 2.67. The summed E-state index contributed by atoms with van der Waals surface area (Å²) in [6.45, 7) is 1.33. The Morgan fingerprint density at radius 2 is 1.75 bits per heavy atom. The largest absolute Gasteiger partial charge is 0.427 e. The monoisotopic (exact) mass is 242 g/mol. The molecule has 0 aliphatic carbocycles. The zero-order valence-electron chi connectivity index (χ0n) is 8.72. The summed E-state index contributed by atoms with van der Waals surface area (Å²) in [4.78, 5) is 3.42. The van der Waals surface area contributed by atoms with E-state index < -0.39 is 24.1 Å². The van der Waals surface area contributed by atoms with Crippen molar-refractivity contribution in [1.82, 2.24) is 9.55 Å². The number of hydrogen-bond donors (Lipinski definition) is 0. The van der Waals surface area contributed by atoms with Crippen molar-refractivity contribution in [3.05, 3.63) is 18.7 Å². The van der Waals surface area contributed by atoms with Crippen molar-refractivity contribution < 1.29 is 22.0 Å². The van der Waals surface area contributed by atoms with Crippen molar-refractivity contribution in [2.75, 3.05) is 0 Å². The van der Waals surface area contributed by atoms with Crippen LogP contribution in [0.2, 0.25) is 0 Å². The number of alkyl halides is 5. The van der Waals surface area contributed by atoms with E-state index in [9.17, 15) is 22.0 Å². The van der Waals surface area contributed by atoms with Crippen molar-refractivity contribution >= 4 is 0 Å². The second kappa shape index (κ2) is 3.71. The molecule has 0 bridgehead atoms. The summed E-state index contributed by atoms with van der Waals surface area (Å²) < 4.78 is 65.7. The van der Waals surface area contributed by atoms with Gasteiger partial charge in [0.25, 0.3) is 5.67 Å². The van der Waals surface area contributed by atoms with Gasteiger partial charge < -0.3 is 4.57 Å². The van der Waals surface area contributed by atoms with Crippen LogP contribution in [0.25, 0.3) is 0 Å². The van der Waals surface area contributed by atoms with E-state index in [1.165, 1.54) is 0 Å². The third kappa shape index (κ3) is 1.68. The topological polar surface area (TPSA) is 17.8 Å². The lowest BCUT2D eigenvalue weighted by Crippen LogP contribution is -2.56. The third-order valence-corrected chi connectivity index (χ3v) is 2.63. The van der Waals surface area contributed by atoms with Gasteiger partial charge in [0.05, 0.1) is 6.33 Å². The van der Waals surface area contributed by atoms with Crippen LogP contribution in [-0.2, 0) is 5.79 Å². The summed E-state index contributed by atoms with van der Waals surface area (Å²) in [5.41, 5.74) is -3.98. The van der Waals surface area contributed by atoms with Crippen LogP contribution in [0.3, 0.4) is 0 Å². The van der Waals surface area contributed by atoms with Gasteiger partial charge in [0.1, 0.15) is 0 Å². The zero-order valence-corrected chi connectivity index (χ0v) is 8.72. The highest BCUT2D eigenvalue weighted by atomic mass is 19.4. The van der Waals surface area contributed by atoms with Crippen LogP contribution in [0.15, 0.2) is 18.7 Å². The molecule has 1 aromatic rings. The molecule has 0 spiro atoms. The highest BCUT2D eigenvalue weighted by Crippen LogP contribution is 2.48. The lowest BCUT2D eigenvalue weighted by Gasteiger charge is -2.38. The van der Waals surface area contributed by atoms with Gasteiger partial charge in [-0.05, 0) is 6.92 Å². The first-order valence-electron chi connectivity index (χ1n) is 4.60. The fourth-order valence-corrected chi connectivity index (χ4v) is 1.44. The fraction of sp³-hybridized carbons (Fsp3) is 0.667. The van der Waals surface area contributed by atoms with Crippen molar-refractivity contribution in [2.24, 2.45) is 0 Å². The predicted octanol–water partition coefficient (Wildman–Crippen LogP) is 3.21. The molecular formula is C9H11F5N2. The Labute approximate surface area is 89.1 Å². The molecule has 0 amide bonds. The Bertz CT molecular complexity index is 343. The average molecular weight is 242 g/mol. The summed E-state index contributed by atoms with van der Waals surface area (Å²) >= 11 is 0. The second-order valence-electron chi connectivity index (χ2n) is 3.58. The molecule has 0 saturated carbocycles. The summed E-state index contributed by atoms with van der Waals surface area (Å²) in [5, 5.41) is 0. The molecule has 1 aromatic heterocycles. The van der Waals surface area contributed by atoms with Crippen molar-refractivity contribution in [2.45, 2.75) is 37.9 Å². The maximum Gasteiger partial charge on any atom is 0.427 e. The van der Waals surface area contributed by atoms with Gasteiger partial charge in [-0.3, -0.25) is 0 Å². The number of hydrogen-bond acceptors (Lipinski definition) is 1. The van der Waals surface area contributed by atoms with E-state index in [1.54, 1.807) is 0 Å². The van der Waals surface area contributed by atoms with Crippen LogP contribution in [-0.4, -0.2) is 21.4 Å². The van der Waals surface area contributed by atoms with Crippen molar-refractivity contribution in [3.63, 3.8) is 0 Å². The molecule has 0 aliphatic rings. The smallest absolute Gasteiger partial charge is 0.301 e. The van der Waals surface area contributed by atoms with Crippen LogP contribution < -0.4 is 0 Å². The van der Waals surface area contributed by atoms with E-state index in [0.29, 0.717) is 4.57 Å². The first-order chi connectivity index (χ1) is 7.17. The van der Waals surface area contributed by atoms with Gasteiger partial charge in [0.2, 0.25) is 5.79 Å². The van der Waals surface area contributed by atoms with Gasteiger partial charge in [-0.2, -0.15) is 13.2 Å². The minimum atomic E-state index is -5.29. The summed E-state index contributed by atoms with van der Waals surface area (Å²) in [6.07, 6.45) is -3.06. The van der Waals surface area contributed by atoms with Gasteiger partial charge in [-0.15, -0.1) is 0 Å². The maximum absolute atomic E-state index is 14.2. The first-order valence-corrected chi connectivity index (χ1v) is 4.60. The minimum absolute atomic E-state index is 0.191. The van der Waals surface area contributed by atoms with E-state index in [-0.39, 0.29) is 6.92 Å². The van der Waals surface area contributed by atoms with Gasteiger partial charge >= 0.3 is 6.18 Å². The van der Waals surface area contributed by atoms with Crippen LogP contribution in [0.1, 0.15) is 20.3 Å². The molecular weight excluding hydrogens is 231 g/mol. The normalized spacial score (nSPS) is 20.2. The molecule has 0 saturated heterocycles. The Kier molecular flexibility index (Phi) is 3.00. The quantitative estimate of drug-likeness (QED) is 0.744. The molecule has 0 aliphatic heterocycles.